The zero-order chi connectivity index (χ0) is 26.6. The number of benzene rings is 2. The van der Waals surface area contributed by atoms with Gasteiger partial charge >= 0.3 is 6.36 Å². The minimum absolute atomic E-state index is 0.0698. The highest BCUT2D eigenvalue weighted by Gasteiger charge is 2.37. The summed E-state index contributed by atoms with van der Waals surface area (Å²) in [7, 11) is 1.46. The summed E-state index contributed by atoms with van der Waals surface area (Å²) in [5.41, 5.74) is 1.34. The maximum absolute atomic E-state index is 13.0. The number of fused-ring (bicyclic) bond motifs is 1. The van der Waals surface area contributed by atoms with Gasteiger partial charge in [0.2, 0.25) is 11.8 Å². The van der Waals surface area contributed by atoms with Crippen molar-refractivity contribution >= 4 is 18.1 Å². The fourth-order valence-corrected chi connectivity index (χ4v) is 3.90. The molecular formula is C24H21F3N4O6. The van der Waals surface area contributed by atoms with Gasteiger partial charge in [-0.1, -0.05) is 6.07 Å². The summed E-state index contributed by atoms with van der Waals surface area (Å²) in [5, 5.41) is 10.3. The van der Waals surface area contributed by atoms with Crippen molar-refractivity contribution in [3.05, 3.63) is 59.5 Å². The van der Waals surface area contributed by atoms with Crippen LogP contribution in [-0.2, 0) is 22.7 Å². The van der Waals surface area contributed by atoms with Gasteiger partial charge in [0.25, 0.3) is 11.8 Å². The van der Waals surface area contributed by atoms with Gasteiger partial charge in [-0.2, -0.15) is 0 Å². The standard InChI is InChI=1S/C24H21F3N4O6/c1-28-21(33)18(5-3-11-32)31-12-17-16(23(31)34)4-2-6-19(17)35-13-20-29-30-22(36-20)14-7-9-15(10-8-14)37-24(25,26)27/h2,4,6-11,18H,3,5,12-13H2,1H3,(H,28,33). The zero-order valence-corrected chi connectivity index (χ0v) is 19.4. The van der Waals surface area contributed by atoms with E-state index in [0.717, 1.165) is 12.1 Å². The Labute approximate surface area is 208 Å². The van der Waals surface area contributed by atoms with E-state index in [9.17, 15) is 27.6 Å². The lowest BCUT2D eigenvalue weighted by Crippen LogP contribution is -2.46. The highest BCUT2D eigenvalue weighted by atomic mass is 19.4. The topological polar surface area (TPSA) is 124 Å². The molecule has 10 nitrogen and oxygen atoms in total. The van der Waals surface area contributed by atoms with Crippen LogP contribution in [-0.4, -0.2) is 52.6 Å². The van der Waals surface area contributed by atoms with E-state index in [0.29, 0.717) is 28.7 Å². The van der Waals surface area contributed by atoms with Crippen molar-refractivity contribution in [2.75, 3.05) is 7.05 Å². The lowest BCUT2D eigenvalue weighted by atomic mass is 10.1. The molecule has 3 aromatic rings. The zero-order valence-electron chi connectivity index (χ0n) is 19.4. The molecule has 1 atom stereocenters. The highest BCUT2D eigenvalue weighted by molar-refractivity contribution is 6.01. The van der Waals surface area contributed by atoms with Crippen molar-refractivity contribution in [1.82, 2.24) is 20.4 Å². The van der Waals surface area contributed by atoms with Crippen molar-refractivity contribution in [1.29, 1.82) is 0 Å². The number of rotatable bonds is 10. The second-order valence-electron chi connectivity index (χ2n) is 7.95. The molecule has 37 heavy (non-hydrogen) atoms. The molecule has 194 valence electrons. The Morgan fingerprint density at radius 3 is 2.65 bits per heavy atom. The van der Waals surface area contributed by atoms with Crippen molar-refractivity contribution in [2.45, 2.75) is 38.4 Å². The summed E-state index contributed by atoms with van der Waals surface area (Å²) in [5.74, 6) is -0.558. The van der Waals surface area contributed by atoms with Crippen LogP contribution in [0.25, 0.3) is 11.5 Å². The monoisotopic (exact) mass is 518 g/mol. The van der Waals surface area contributed by atoms with Gasteiger partial charge in [-0.25, -0.2) is 0 Å². The third-order valence-corrected chi connectivity index (χ3v) is 5.59. The number of hydrogen-bond donors (Lipinski definition) is 1. The largest absolute Gasteiger partial charge is 0.573 e. The van der Waals surface area contributed by atoms with Crippen LogP contribution in [0.15, 0.2) is 46.9 Å². The number of hydrogen-bond acceptors (Lipinski definition) is 8. The average Bonchev–Trinajstić information content (AvgIpc) is 3.47. The van der Waals surface area contributed by atoms with E-state index in [-0.39, 0.29) is 55.3 Å². The van der Waals surface area contributed by atoms with Crippen LogP contribution in [0.1, 0.15) is 34.7 Å². The quantitative estimate of drug-likeness (QED) is 0.406. The van der Waals surface area contributed by atoms with E-state index in [1.54, 1.807) is 18.2 Å². The molecule has 0 radical (unpaired) electrons. The first-order valence-electron chi connectivity index (χ1n) is 11.1. The predicted octanol–water partition coefficient (Wildman–Crippen LogP) is 3.26. The van der Waals surface area contributed by atoms with Crippen LogP contribution in [0.2, 0.25) is 0 Å². The van der Waals surface area contributed by atoms with Crippen molar-refractivity contribution < 1.29 is 41.4 Å². The predicted molar refractivity (Wildman–Crippen MR) is 120 cm³/mol. The minimum atomic E-state index is -4.80. The first kappa shape index (κ1) is 25.7. The van der Waals surface area contributed by atoms with Gasteiger partial charge in [0, 0.05) is 30.2 Å². The lowest BCUT2D eigenvalue weighted by molar-refractivity contribution is -0.274. The number of aldehydes is 1. The molecule has 0 aliphatic carbocycles. The van der Waals surface area contributed by atoms with E-state index in [1.807, 2.05) is 0 Å². The van der Waals surface area contributed by atoms with Crippen LogP contribution in [0, 0.1) is 0 Å². The molecule has 4 rings (SSSR count). The van der Waals surface area contributed by atoms with Gasteiger partial charge < -0.3 is 28.9 Å². The molecule has 0 saturated carbocycles. The van der Waals surface area contributed by atoms with E-state index in [1.165, 1.54) is 24.1 Å². The Morgan fingerprint density at radius 1 is 1.22 bits per heavy atom. The first-order valence-corrected chi connectivity index (χ1v) is 11.1. The molecular weight excluding hydrogens is 497 g/mol. The summed E-state index contributed by atoms with van der Waals surface area (Å²) in [4.78, 5) is 37.6. The second-order valence-corrected chi connectivity index (χ2v) is 7.95. The Morgan fingerprint density at radius 2 is 1.97 bits per heavy atom. The number of alkyl halides is 3. The van der Waals surface area contributed by atoms with Crippen molar-refractivity contribution in [3.63, 3.8) is 0 Å². The number of nitrogens with zero attached hydrogens (tertiary/aromatic N) is 3. The number of likely N-dealkylation sites (N-methyl/N-ethyl adjacent to an activating group) is 1. The number of ether oxygens (including phenoxy) is 2. The second kappa shape index (κ2) is 10.7. The molecule has 0 bridgehead atoms. The molecule has 1 N–H and O–H groups in total. The number of carbonyl (C=O) groups excluding carboxylic acids is 3. The SMILES string of the molecule is CNC(=O)C(CCC=O)N1Cc2c(OCc3nnc(-c4ccc(OC(F)(F)F)cc4)o3)cccc2C1=O. The van der Waals surface area contributed by atoms with Gasteiger partial charge in [0.05, 0.1) is 6.54 Å². The Balaban J connectivity index is 1.45. The van der Waals surface area contributed by atoms with Crippen LogP contribution in [0.3, 0.4) is 0 Å². The van der Waals surface area contributed by atoms with Gasteiger partial charge in [-0.05, 0) is 42.8 Å². The Hall–Kier alpha value is -4.42. The van der Waals surface area contributed by atoms with E-state index < -0.39 is 12.4 Å². The molecule has 2 aromatic carbocycles. The van der Waals surface area contributed by atoms with Crippen LogP contribution in [0.5, 0.6) is 11.5 Å². The van der Waals surface area contributed by atoms with Gasteiger partial charge in [-0.3, -0.25) is 9.59 Å². The fraction of sp³-hybridized carbons (Fsp3) is 0.292. The molecule has 0 fully saturated rings. The molecule has 2 heterocycles. The minimum Gasteiger partial charge on any atom is -0.483 e. The van der Waals surface area contributed by atoms with Crippen molar-refractivity contribution in [2.24, 2.45) is 0 Å². The molecule has 2 amide bonds. The van der Waals surface area contributed by atoms with Gasteiger partial charge in [-0.15, -0.1) is 23.4 Å². The summed E-state index contributed by atoms with van der Waals surface area (Å²) in [6, 6.07) is 9.05. The fourth-order valence-electron chi connectivity index (χ4n) is 3.90. The third kappa shape index (κ3) is 5.88. The van der Waals surface area contributed by atoms with E-state index in [4.69, 9.17) is 9.15 Å². The summed E-state index contributed by atoms with van der Waals surface area (Å²) < 4.78 is 52.2. The first-order chi connectivity index (χ1) is 17.7. The maximum atomic E-state index is 13.0. The molecule has 1 unspecified atom stereocenters. The number of aromatic nitrogens is 2. The molecule has 0 saturated heterocycles. The van der Waals surface area contributed by atoms with Gasteiger partial charge in [0.1, 0.15) is 23.8 Å². The van der Waals surface area contributed by atoms with Crippen LogP contribution in [0.4, 0.5) is 13.2 Å². The molecule has 1 aliphatic heterocycles. The molecule has 0 spiro atoms. The summed E-state index contributed by atoms with van der Waals surface area (Å²) in [6.07, 6.45) is -3.79. The number of amides is 2. The highest BCUT2D eigenvalue weighted by Crippen LogP contribution is 2.33. The summed E-state index contributed by atoms with van der Waals surface area (Å²) >= 11 is 0. The Bertz CT molecular complexity index is 1290. The van der Waals surface area contributed by atoms with Crippen molar-refractivity contribution in [3.8, 4) is 23.0 Å². The van der Waals surface area contributed by atoms with Gasteiger partial charge in [0.15, 0.2) is 6.61 Å². The molecule has 13 heteroatoms. The number of halogens is 3. The normalized spacial score (nSPS) is 13.7. The average molecular weight is 518 g/mol. The smallest absolute Gasteiger partial charge is 0.483 e. The number of carbonyl (C=O) groups is 3. The lowest BCUT2D eigenvalue weighted by Gasteiger charge is -2.25. The number of nitrogens with one attached hydrogen (secondary N) is 1. The maximum Gasteiger partial charge on any atom is 0.573 e. The van der Waals surface area contributed by atoms with E-state index >= 15 is 0 Å². The molecule has 1 aromatic heterocycles. The van der Waals surface area contributed by atoms with Crippen LogP contribution < -0.4 is 14.8 Å². The summed E-state index contributed by atoms with van der Waals surface area (Å²) in [6.45, 7) is -0.0281. The van der Waals surface area contributed by atoms with E-state index in [2.05, 4.69) is 20.3 Å². The molecule has 1 aliphatic rings. The van der Waals surface area contributed by atoms with Crippen LogP contribution >= 0.6 is 0 Å². The third-order valence-electron chi connectivity index (χ3n) is 5.59. The Kier molecular flexibility index (Phi) is 7.41.